The highest BCUT2D eigenvalue weighted by atomic mass is 32.2. The van der Waals surface area contributed by atoms with Crippen molar-refractivity contribution < 1.29 is 8.57 Å². The Labute approximate surface area is 68.7 Å². The number of hydrogen-bond donors (Lipinski definition) is 0. The molecule has 0 aliphatic carbocycles. The van der Waals surface area contributed by atoms with E-state index in [4.69, 9.17) is 4.18 Å². The average molecular weight is 173 g/mol. The molecule has 0 radical (unpaired) electrons. The Morgan fingerprint density at radius 1 is 1.27 bits per heavy atom. The lowest BCUT2D eigenvalue weighted by Crippen LogP contribution is -2.05. The van der Waals surface area contributed by atoms with Gasteiger partial charge in [0.05, 0.1) is 0 Å². The molecule has 0 aromatic heterocycles. The summed E-state index contributed by atoms with van der Waals surface area (Å²) in [6.07, 6.45) is 3.79. The van der Waals surface area contributed by atoms with Gasteiger partial charge in [-0.05, 0) is 12.1 Å². The molecule has 1 aromatic carbocycles. The van der Waals surface area contributed by atoms with Gasteiger partial charge in [-0.2, -0.15) is 0 Å². The van der Waals surface area contributed by atoms with E-state index in [9.17, 15) is 4.39 Å². The summed E-state index contributed by atoms with van der Waals surface area (Å²) in [7, 11) is 0. The lowest BCUT2D eigenvalue weighted by molar-refractivity contribution is 0.537. The zero-order chi connectivity index (χ0) is 8.27. The van der Waals surface area contributed by atoms with Crippen LogP contribution in [-0.4, -0.2) is 12.5 Å². The molecule has 0 atom stereocenters. The van der Waals surface area contributed by atoms with E-state index >= 15 is 0 Å². The molecule has 0 saturated heterocycles. The second kappa shape index (κ2) is 3.62. The Morgan fingerprint density at radius 3 is 2.45 bits per heavy atom. The number of para-hydroxylation sites is 1. The van der Waals surface area contributed by atoms with Gasteiger partial charge in [-0.25, -0.2) is 4.39 Å². The van der Waals surface area contributed by atoms with Crippen molar-refractivity contribution in [2.75, 3.05) is 12.5 Å². The largest absolute Gasteiger partial charge is 0.283 e. The zero-order valence-corrected chi connectivity index (χ0v) is 7.32. The smallest absolute Gasteiger partial charge is 0.222 e. The van der Waals surface area contributed by atoms with Crippen molar-refractivity contribution in [3.05, 3.63) is 30.1 Å². The number of rotatable bonds is 2. The zero-order valence-electron chi connectivity index (χ0n) is 6.50. The van der Waals surface area contributed by atoms with Crippen molar-refractivity contribution in [1.82, 2.24) is 0 Å². The van der Waals surface area contributed by atoms with Gasteiger partial charge in [-0.3, -0.25) is 4.18 Å². The monoisotopic (exact) mass is 173 g/mol. The maximum absolute atomic E-state index is 12.8. The Kier molecular flexibility index (Phi) is 2.76. The molecule has 1 rings (SSSR count). The summed E-state index contributed by atoms with van der Waals surface area (Å²) in [5.74, 6) is 0.0366. The van der Waals surface area contributed by atoms with E-state index in [1.54, 1.807) is 18.2 Å². The van der Waals surface area contributed by atoms with Crippen molar-refractivity contribution in [3.63, 3.8) is 0 Å². The third-order valence-corrected chi connectivity index (χ3v) is 1.61. The molecule has 0 spiro atoms. The minimum Gasteiger partial charge on any atom is -0.283 e. The molecule has 1 nitrogen and oxygen atoms in total. The third kappa shape index (κ3) is 2.42. The molecule has 0 bridgehead atoms. The molecule has 0 aliphatic heterocycles. The number of hydrogen-bond acceptors (Lipinski definition) is 1. The van der Waals surface area contributed by atoms with Crippen molar-refractivity contribution in [2.24, 2.45) is 0 Å². The normalized spacial score (nSPS) is 10.2. The van der Waals surface area contributed by atoms with Crippen LogP contribution in [-0.2, 0) is 11.2 Å². The molecule has 0 saturated carbocycles. The summed E-state index contributed by atoms with van der Waals surface area (Å²) in [5.41, 5.74) is 0. The molecular weight excluding hydrogens is 163 g/mol. The minimum absolute atomic E-state index is 0.217. The molecule has 3 heteroatoms. The molecule has 0 amide bonds. The van der Waals surface area contributed by atoms with Crippen molar-refractivity contribution in [1.29, 1.82) is 0 Å². The van der Waals surface area contributed by atoms with Crippen molar-refractivity contribution >= 4 is 11.2 Å². The summed E-state index contributed by atoms with van der Waals surface area (Å²) in [6.45, 7) is 0. The SMILES string of the molecule is C[S+](C)Oc1ccccc1F. The van der Waals surface area contributed by atoms with Crippen LogP contribution in [0.1, 0.15) is 0 Å². The van der Waals surface area contributed by atoms with E-state index in [0.29, 0.717) is 5.75 Å². The first-order valence-corrected chi connectivity index (χ1v) is 5.17. The van der Waals surface area contributed by atoms with Crippen LogP contribution in [0.5, 0.6) is 5.75 Å². The molecule has 0 aliphatic rings. The third-order valence-electron chi connectivity index (χ3n) is 1.09. The van der Waals surface area contributed by atoms with E-state index in [1.165, 1.54) is 6.07 Å². The Morgan fingerprint density at radius 2 is 1.91 bits per heavy atom. The summed E-state index contributed by atoms with van der Waals surface area (Å²) in [6, 6.07) is 6.42. The van der Waals surface area contributed by atoms with Gasteiger partial charge >= 0.3 is 0 Å². The molecule has 0 heterocycles. The van der Waals surface area contributed by atoms with Crippen LogP contribution in [0.15, 0.2) is 24.3 Å². The van der Waals surface area contributed by atoms with Crippen molar-refractivity contribution in [2.45, 2.75) is 0 Å². The standard InChI is InChI=1S/C8H10FOS/c1-11(2)10-8-6-4-3-5-7(8)9/h3-6H,1-2H3/q+1. The van der Waals surface area contributed by atoms with E-state index in [2.05, 4.69) is 0 Å². The summed E-state index contributed by atoms with van der Waals surface area (Å²) in [5, 5.41) is 0. The molecule has 1 aromatic rings. The van der Waals surface area contributed by atoms with Gasteiger partial charge in [0.2, 0.25) is 5.75 Å². The van der Waals surface area contributed by atoms with Gasteiger partial charge in [0.25, 0.3) is 0 Å². The fourth-order valence-corrected chi connectivity index (χ4v) is 1.19. The Balaban J connectivity index is 2.78. The fraction of sp³-hybridized carbons (Fsp3) is 0.250. The second-order valence-corrected chi connectivity index (χ2v) is 3.91. The molecule has 0 fully saturated rings. The van der Waals surface area contributed by atoms with Gasteiger partial charge in [0, 0.05) is 0 Å². The van der Waals surface area contributed by atoms with Crippen LogP contribution in [0.25, 0.3) is 0 Å². The lowest BCUT2D eigenvalue weighted by atomic mass is 10.3. The van der Waals surface area contributed by atoms with E-state index in [-0.39, 0.29) is 17.0 Å². The number of halogens is 1. The van der Waals surface area contributed by atoms with E-state index < -0.39 is 0 Å². The van der Waals surface area contributed by atoms with Crippen LogP contribution < -0.4 is 4.18 Å². The number of benzene rings is 1. The maximum Gasteiger partial charge on any atom is 0.222 e. The average Bonchev–Trinajstić information content (AvgIpc) is 1.93. The fourth-order valence-electron chi connectivity index (χ4n) is 0.692. The van der Waals surface area contributed by atoms with Gasteiger partial charge in [0.1, 0.15) is 12.5 Å². The quantitative estimate of drug-likeness (QED) is 0.621. The van der Waals surface area contributed by atoms with Crippen LogP contribution in [0.3, 0.4) is 0 Å². The summed E-state index contributed by atoms with van der Waals surface area (Å²) < 4.78 is 18.0. The molecule has 11 heavy (non-hydrogen) atoms. The lowest BCUT2D eigenvalue weighted by Gasteiger charge is -1.98. The van der Waals surface area contributed by atoms with Crippen LogP contribution in [0.2, 0.25) is 0 Å². The van der Waals surface area contributed by atoms with Gasteiger partial charge in [-0.15, -0.1) is 0 Å². The maximum atomic E-state index is 12.8. The highest BCUT2D eigenvalue weighted by Crippen LogP contribution is 2.16. The van der Waals surface area contributed by atoms with Gasteiger partial charge in [-0.1, -0.05) is 12.1 Å². The summed E-state index contributed by atoms with van der Waals surface area (Å²) >= 11 is -0.217. The van der Waals surface area contributed by atoms with E-state index in [1.807, 2.05) is 12.5 Å². The molecule has 0 unspecified atom stereocenters. The van der Waals surface area contributed by atoms with Crippen molar-refractivity contribution in [3.8, 4) is 5.75 Å². The molecule has 0 N–H and O–H groups in total. The van der Waals surface area contributed by atoms with E-state index in [0.717, 1.165) is 0 Å². The first-order valence-electron chi connectivity index (χ1n) is 3.20. The first kappa shape index (κ1) is 8.40. The Bertz CT molecular complexity index is 237. The van der Waals surface area contributed by atoms with Gasteiger partial charge < -0.3 is 0 Å². The minimum atomic E-state index is -0.297. The first-order chi connectivity index (χ1) is 5.20. The van der Waals surface area contributed by atoms with Crippen LogP contribution in [0.4, 0.5) is 4.39 Å². The van der Waals surface area contributed by atoms with Crippen LogP contribution >= 0.6 is 0 Å². The predicted molar refractivity (Wildman–Crippen MR) is 46.2 cm³/mol. The highest BCUT2D eigenvalue weighted by molar-refractivity contribution is 7.91. The Hall–Kier alpha value is -0.700. The summed E-state index contributed by atoms with van der Waals surface area (Å²) in [4.78, 5) is 0. The molecule has 60 valence electrons. The topological polar surface area (TPSA) is 9.23 Å². The highest BCUT2D eigenvalue weighted by Gasteiger charge is 2.09. The van der Waals surface area contributed by atoms with Crippen LogP contribution in [0, 0.1) is 5.82 Å². The van der Waals surface area contributed by atoms with Gasteiger partial charge in [0.15, 0.2) is 17.0 Å². The second-order valence-electron chi connectivity index (χ2n) is 2.26. The molecular formula is C8H10FOS+. The predicted octanol–water partition coefficient (Wildman–Crippen LogP) is 2.00.